The van der Waals surface area contributed by atoms with Gasteiger partial charge in [0.15, 0.2) is 11.5 Å². The average molecular weight is 422 g/mol. The van der Waals surface area contributed by atoms with Crippen LogP contribution in [0, 0.1) is 0 Å². The van der Waals surface area contributed by atoms with Crippen molar-refractivity contribution in [3.63, 3.8) is 0 Å². The molecule has 2 aromatic rings. The Morgan fingerprint density at radius 2 is 2.04 bits per heavy atom. The highest BCUT2D eigenvalue weighted by Crippen LogP contribution is 2.37. The summed E-state index contributed by atoms with van der Waals surface area (Å²) in [5.41, 5.74) is 2.09. The molecule has 0 fully saturated rings. The van der Waals surface area contributed by atoms with Crippen molar-refractivity contribution in [3.8, 4) is 11.5 Å². The van der Waals surface area contributed by atoms with Crippen LogP contribution in [0.3, 0.4) is 0 Å². The Kier molecular flexibility index (Phi) is 6.08. The van der Waals surface area contributed by atoms with Crippen molar-refractivity contribution in [2.45, 2.75) is 19.0 Å². The van der Waals surface area contributed by atoms with Gasteiger partial charge in [-0.05, 0) is 36.2 Å². The molecule has 26 heavy (non-hydrogen) atoms. The Bertz CT molecular complexity index is 762. The molecule has 0 spiro atoms. The van der Waals surface area contributed by atoms with Gasteiger partial charge < -0.3 is 24.3 Å². The molecule has 1 aromatic heterocycles. The molecular weight excluding hydrogens is 398 g/mol. The number of amides is 2. The zero-order chi connectivity index (χ0) is 18.5. The maximum Gasteiger partial charge on any atom is 0.318 e. The third kappa shape index (κ3) is 3.67. The van der Waals surface area contributed by atoms with E-state index in [0.29, 0.717) is 24.6 Å². The highest BCUT2D eigenvalue weighted by atomic mass is 79.9. The van der Waals surface area contributed by atoms with Crippen molar-refractivity contribution in [1.82, 2.24) is 14.8 Å². The topological polar surface area (TPSA) is 55.7 Å². The molecule has 1 aromatic carbocycles. The first kappa shape index (κ1) is 18.6. The van der Waals surface area contributed by atoms with Gasteiger partial charge in [-0.1, -0.05) is 22.0 Å². The van der Waals surface area contributed by atoms with E-state index in [1.807, 2.05) is 29.2 Å². The molecule has 1 N–H and O–H groups in total. The van der Waals surface area contributed by atoms with Gasteiger partial charge in [-0.15, -0.1) is 0 Å². The standard InChI is InChI=1S/C19H24BrN3O3/c1-25-16-7-6-14(13-17(16)26-2)18-15-5-3-10-22(15)11-12-23(18)19(24)21-9-4-8-20/h3,5-7,10,13,18H,4,8-9,11-12H2,1-2H3,(H,21,24). The Labute approximate surface area is 162 Å². The van der Waals surface area contributed by atoms with Crippen LogP contribution in [0.1, 0.15) is 23.7 Å². The van der Waals surface area contributed by atoms with Crippen molar-refractivity contribution in [1.29, 1.82) is 0 Å². The van der Waals surface area contributed by atoms with E-state index in [1.165, 1.54) is 0 Å². The van der Waals surface area contributed by atoms with Crippen LogP contribution in [0.2, 0.25) is 0 Å². The van der Waals surface area contributed by atoms with E-state index in [4.69, 9.17) is 9.47 Å². The van der Waals surface area contributed by atoms with Gasteiger partial charge in [0, 0.05) is 36.9 Å². The molecule has 0 radical (unpaired) electrons. The molecule has 1 aliphatic heterocycles. The van der Waals surface area contributed by atoms with Gasteiger partial charge in [-0.25, -0.2) is 4.79 Å². The fourth-order valence-electron chi connectivity index (χ4n) is 3.34. The monoisotopic (exact) mass is 421 g/mol. The van der Waals surface area contributed by atoms with Gasteiger partial charge in [-0.2, -0.15) is 0 Å². The Morgan fingerprint density at radius 1 is 1.23 bits per heavy atom. The number of ether oxygens (including phenoxy) is 2. The van der Waals surface area contributed by atoms with Crippen LogP contribution in [-0.4, -0.2) is 48.1 Å². The van der Waals surface area contributed by atoms with Gasteiger partial charge >= 0.3 is 6.03 Å². The number of aromatic nitrogens is 1. The van der Waals surface area contributed by atoms with Crippen LogP contribution < -0.4 is 14.8 Å². The van der Waals surface area contributed by atoms with Crippen LogP contribution in [0.5, 0.6) is 11.5 Å². The first-order valence-electron chi connectivity index (χ1n) is 8.67. The molecule has 0 bridgehead atoms. The zero-order valence-corrected chi connectivity index (χ0v) is 16.7. The van der Waals surface area contributed by atoms with Gasteiger partial charge in [0.25, 0.3) is 0 Å². The van der Waals surface area contributed by atoms with Crippen LogP contribution in [0.25, 0.3) is 0 Å². The summed E-state index contributed by atoms with van der Waals surface area (Å²) in [6.45, 7) is 2.10. The average Bonchev–Trinajstić information content (AvgIpc) is 3.15. The predicted molar refractivity (Wildman–Crippen MR) is 104 cm³/mol. The molecule has 2 heterocycles. The minimum atomic E-state index is -0.164. The number of halogens is 1. The van der Waals surface area contributed by atoms with Crippen molar-refractivity contribution in [3.05, 3.63) is 47.8 Å². The second-order valence-electron chi connectivity index (χ2n) is 6.11. The molecular formula is C19H24BrN3O3. The van der Waals surface area contributed by atoms with Crippen LogP contribution in [0.15, 0.2) is 36.5 Å². The maximum atomic E-state index is 12.8. The zero-order valence-electron chi connectivity index (χ0n) is 15.1. The van der Waals surface area contributed by atoms with Gasteiger partial charge in [0.1, 0.15) is 0 Å². The number of hydrogen-bond donors (Lipinski definition) is 1. The molecule has 7 heteroatoms. The molecule has 0 aliphatic carbocycles. The number of alkyl halides is 1. The van der Waals surface area contributed by atoms with E-state index >= 15 is 0 Å². The van der Waals surface area contributed by atoms with Gasteiger partial charge in [0.2, 0.25) is 0 Å². The van der Waals surface area contributed by atoms with E-state index in [2.05, 4.69) is 38.1 Å². The summed E-state index contributed by atoms with van der Waals surface area (Å²) in [4.78, 5) is 14.7. The lowest BCUT2D eigenvalue weighted by Gasteiger charge is -2.37. The van der Waals surface area contributed by atoms with Gasteiger partial charge in [0.05, 0.1) is 20.3 Å². The first-order valence-corrected chi connectivity index (χ1v) is 9.79. The van der Waals surface area contributed by atoms with Crippen molar-refractivity contribution in [2.24, 2.45) is 0 Å². The molecule has 2 amide bonds. The lowest BCUT2D eigenvalue weighted by atomic mass is 9.99. The molecule has 1 unspecified atom stereocenters. The molecule has 0 saturated heterocycles. The first-order chi connectivity index (χ1) is 12.7. The van der Waals surface area contributed by atoms with Crippen molar-refractivity contribution >= 4 is 22.0 Å². The predicted octanol–water partition coefficient (Wildman–Crippen LogP) is 3.40. The molecule has 1 aliphatic rings. The lowest BCUT2D eigenvalue weighted by Crippen LogP contribution is -2.47. The van der Waals surface area contributed by atoms with E-state index in [1.54, 1.807) is 14.2 Å². The van der Waals surface area contributed by atoms with E-state index in [9.17, 15) is 4.79 Å². The highest BCUT2D eigenvalue weighted by molar-refractivity contribution is 9.09. The van der Waals surface area contributed by atoms with Crippen LogP contribution in [-0.2, 0) is 6.54 Å². The highest BCUT2D eigenvalue weighted by Gasteiger charge is 2.32. The number of carbonyl (C=O) groups is 1. The van der Waals surface area contributed by atoms with E-state index in [0.717, 1.165) is 29.6 Å². The molecule has 0 saturated carbocycles. The Morgan fingerprint density at radius 3 is 2.77 bits per heavy atom. The van der Waals surface area contributed by atoms with E-state index < -0.39 is 0 Å². The smallest absolute Gasteiger partial charge is 0.318 e. The lowest BCUT2D eigenvalue weighted by molar-refractivity contribution is 0.168. The Hall–Kier alpha value is -2.15. The van der Waals surface area contributed by atoms with Crippen molar-refractivity contribution < 1.29 is 14.3 Å². The van der Waals surface area contributed by atoms with Crippen molar-refractivity contribution in [2.75, 3.05) is 32.6 Å². The molecule has 6 nitrogen and oxygen atoms in total. The largest absolute Gasteiger partial charge is 0.493 e. The minimum absolute atomic E-state index is 0.0433. The van der Waals surface area contributed by atoms with Crippen LogP contribution in [0.4, 0.5) is 4.79 Å². The number of nitrogens with one attached hydrogen (secondary N) is 1. The molecule has 1 atom stereocenters. The Balaban J connectivity index is 1.95. The maximum absolute atomic E-state index is 12.8. The fraction of sp³-hybridized carbons (Fsp3) is 0.421. The minimum Gasteiger partial charge on any atom is -0.493 e. The summed E-state index contributed by atoms with van der Waals surface area (Å²) in [5.74, 6) is 1.34. The second-order valence-corrected chi connectivity index (χ2v) is 6.90. The summed E-state index contributed by atoms with van der Waals surface area (Å²) < 4.78 is 13.0. The van der Waals surface area contributed by atoms with Crippen LogP contribution >= 0.6 is 15.9 Å². The number of benzene rings is 1. The summed E-state index contributed by atoms with van der Waals surface area (Å²) in [6, 6.07) is 9.71. The number of methoxy groups -OCH3 is 2. The number of rotatable bonds is 6. The third-order valence-corrected chi connectivity index (χ3v) is 5.17. The molecule has 140 valence electrons. The second kappa shape index (κ2) is 8.49. The summed E-state index contributed by atoms with van der Waals surface area (Å²) in [6.07, 6.45) is 2.96. The SMILES string of the molecule is COc1ccc(C2c3cccn3CCN2C(=O)NCCCBr)cc1OC. The summed E-state index contributed by atoms with van der Waals surface area (Å²) in [7, 11) is 3.24. The summed E-state index contributed by atoms with van der Waals surface area (Å²) in [5, 5.41) is 3.89. The summed E-state index contributed by atoms with van der Waals surface area (Å²) >= 11 is 3.40. The quantitative estimate of drug-likeness (QED) is 0.574. The number of hydrogen-bond acceptors (Lipinski definition) is 3. The molecule has 3 rings (SSSR count). The number of carbonyl (C=O) groups excluding carboxylic acids is 1. The van der Waals surface area contributed by atoms with Gasteiger partial charge in [-0.3, -0.25) is 0 Å². The fourth-order valence-corrected chi connectivity index (χ4v) is 3.62. The number of urea groups is 1. The van der Waals surface area contributed by atoms with E-state index in [-0.39, 0.29) is 12.1 Å². The third-order valence-electron chi connectivity index (χ3n) is 4.61. The number of nitrogens with zero attached hydrogens (tertiary/aromatic N) is 2. The normalized spacial score (nSPS) is 16.1. The number of fused-ring (bicyclic) bond motifs is 1.